The van der Waals surface area contributed by atoms with Crippen molar-refractivity contribution in [3.05, 3.63) is 213 Å². The topological polar surface area (TPSA) is 38.7 Å². The zero-order valence-electron chi connectivity index (χ0n) is 33.5. The van der Waals surface area contributed by atoms with Gasteiger partial charge in [0.2, 0.25) is 0 Å². The smallest absolute Gasteiger partial charge is 0.160 e. The SMILES string of the molecule is c1ccc(-c2nc(-c3ccc(-c4cccnc4)cc3)cc(-c3cc(-c4ccc5ccc6cccc7ccc4c5c67)cc(-c4ccc5ccc6cccc7ccc4c5c67)c3)n2)cc1. The predicted molar refractivity (Wildman–Crippen MR) is 260 cm³/mol. The van der Waals surface area contributed by atoms with Crippen molar-refractivity contribution in [2.45, 2.75) is 0 Å². The van der Waals surface area contributed by atoms with Crippen molar-refractivity contribution in [2.75, 3.05) is 0 Å². The Morgan fingerprint density at radius 1 is 0.274 bits per heavy atom. The van der Waals surface area contributed by atoms with Crippen LogP contribution in [0.4, 0.5) is 0 Å². The first-order valence-corrected chi connectivity index (χ1v) is 21.1. The van der Waals surface area contributed by atoms with E-state index < -0.39 is 0 Å². The lowest BCUT2D eigenvalue weighted by molar-refractivity contribution is 1.18. The molecule has 286 valence electrons. The summed E-state index contributed by atoms with van der Waals surface area (Å²) in [4.78, 5) is 14.9. The number of nitrogens with zero attached hydrogens (tertiary/aromatic N) is 3. The Balaban J connectivity index is 1.07. The van der Waals surface area contributed by atoms with Gasteiger partial charge in [0.15, 0.2) is 5.82 Å². The Kier molecular flexibility index (Phi) is 7.60. The van der Waals surface area contributed by atoms with E-state index in [-0.39, 0.29) is 0 Å². The van der Waals surface area contributed by atoms with Crippen LogP contribution in [0.25, 0.3) is 132 Å². The number of benzene rings is 11. The lowest BCUT2D eigenvalue weighted by atomic mass is 9.86. The van der Waals surface area contributed by atoms with Gasteiger partial charge in [0.05, 0.1) is 11.4 Å². The molecule has 0 radical (unpaired) electrons. The summed E-state index contributed by atoms with van der Waals surface area (Å²) in [6, 6.07) is 72.8. The van der Waals surface area contributed by atoms with Crippen molar-refractivity contribution >= 4 is 64.6 Å². The summed E-state index contributed by atoms with van der Waals surface area (Å²) >= 11 is 0. The average Bonchev–Trinajstić information content (AvgIpc) is 3.35. The van der Waals surface area contributed by atoms with Crippen LogP contribution in [-0.4, -0.2) is 15.0 Å². The van der Waals surface area contributed by atoms with E-state index >= 15 is 0 Å². The fourth-order valence-electron chi connectivity index (χ4n) is 9.89. The summed E-state index contributed by atoms with van der Waals surface area (Å²) in [7, 11) is 0. The molecule has 13 aromatic rings. The molecule has 0 aliphatic heterocycles. The van der Waals surface area contributed by atoms with Gasteiger partial charge >= 0.3 is 0 Å². The molecule has 0 saturated heterocycles. The van der Waals surface area contributed by atoms with Crippen LogP contribution in [0.3, 0.4) is 0 Å². The second-order valence-electron chi connectivity index (χ2n) is 16.4. The van der Waals surface area contributed by atoms with E-state index in [1.807, 2.05) is 30.5 Å². The standard InChI is InChI=1S/C59H35N3/c1-2-7-44(8-3-1)59-61-53(37-16-14-36(15-17-37)45-13-6-30-60-35-45)34-54(62-59)48-32-46(49-26-22-42-20-18-38-9-4-11-40-24-28-51(49)57(42)55(38)40)31-47(33-48)50-27-23-43-21-19-39-10-5-12-41-25-29-52(50)58(43)56(39)41/h1-35H. The molecular formula is C59H35N3. The molecule has 0 saturated carbocycles. The zero-order valence-corrected chi connectivity index (χ0v) is 33.5. The second kappa shape index (κ2) is 13.6. The third kappa shape index (κ3) is 5.49. The van der Waals surface area contributed by atoms with Gasteiger partial charge in [0.25, 0.3) is 0 Å². The van der Waals surface area contributed by atoms with Crippen LogP contribution in [0.1, 0.15) is 0 Å². The van der Waals surface area contributed by atoms with Crippen LogP contribution in [0.2, 0.25) is 0 Å². The Labute approximate surface area is 357 Å². The van der Waals surface area contributed by atoms with Crippen LogP contribution >= 0.6 is 0 Å². The molecule has 0 aliphatic carbocycles. The van der Waals surface area contributed by atoms with Gasteiger partial charge in [-0.2, -0.15) is 0 Å². The Bertz CT molecular complexity index is 3640. The van der Waals surface area contributed by atoms with Crippen LogP contribution < -0.4 is 0 Å². The lowest BCUT2D eigenvalue weighted by Gasteiger charge is -2.18. The van der Waals surface area contributed by atoms with Crippen LogP contribution in [0.15, 0.2) is 213 Å². The number of hydrogen-bond donors (Lipinski definition) is 0. The van der Waals surface area contributed by atoms with Crippen molar-refractivity contribution in [1.82, 2.24) is 15.0 Å². The van der Waals surface area contributed by atoms with Gasteiger partial charge in [-0.3, -0.25) is 4.98 Å². The molecule has 0 amide bonds. The predicted octanol–water partition coefficient (Wildman–Crippen LogP) is 15.7. The Hall–Kier alpha value is -8.27. The minimum absolute atomic E-state index is 0.687. The molecule has 0 aliphatic rings. The molecule has 0 atom stereocenters. The summed E-state index contributed by atoms with van der Waals surface area (Å²) in [6.07, 6.45) is 3.71. The number of rotatable bonds is 6. The largest absolute Gasteiger partial charge is 0.264 e. The van der Waals surface area contributed by atoms with E-state index in [4.69, 9.17) is 9.97 Å². The quantitative estimate of drug-likeness (QED) is 0.158. The monoisotopic (exact) mass is 785 g/mol. The van der Waals surface area contributed by atoms with Crippen molar-refractivity contribution < 1.29 is 0 Å². The molecular weight excluding hydrogens is 751 g/mol. The summed E-state index contributed by atoms with van der Waals surface area (Å²) in [6.45, 7) is 0. The summed E-state index contributed by atoms with van der Waals surface area (Å²) < 4.78 is 0. The zero-order chi connectivity index (χ0) is 40.7. The van der Waals surface area contributed by atoms with Gasteiger partial charge in [-0.15, -0.1) is 0 Å². The van der Waals surface area contributed by atoms with Crippen molar-refractivity contribution in [2.24, 2.45) is 0 Å². The van der Waals surface area contributed by atoms with E-state index in [0.29, 0.717) is 5.82 Å². The van der Waals surface area contributed by atoms with Gasteiger partial charge in [0, 0.05) is 29.1 Å². The van der Waals surface area contributed by atoms with E-state index in [2.05, 4.69) is 181 Å². The van der Waals surface area contributed by atoms with Gasteiger partial charge in [-0.1, -0.05) is 170 Å². The average molecular weight is 786 g/mol. The second-order valence-corrected chi connectivity index (χ2v) is 16.4. The van der Waals surface area contributed by atoms with Gasteiger partial charge in [-0.05, 0) is 128 Å². The first-order chi connectivity index (χ1) is 30.7. The highest BCUT2D eigenvalue weighted by Gasteiger charge is 2.19. The van der Waals surface area contributed by atoms with E-state index in [1.54, 1.807) is 6.20 Å². The van der Waals surface area contributed by atoms with Crippen LogP contribution in [-0.2, 0) is 0 Å². The molecule has 0 spiro atoms. The van der Waals surface area contributed by atoms with Crippen LogP contribution in [0.5, 0.6) is 0 Å². The molecule has 2 aromatic heterocycles. The number of hydrogen-bond acceptors (Lipinski definition) is 3. The van der Waals surface area contributed by atoms with Gasteiger partial charge < -0.3 is 0 Å². The molecule has 0 N–H and O–H groups in total. The maximum Gasteiger partial charge on any atom is 0.160 e. The van der Waals surface area contributed by atoms with Crippen LogP contribution in [0, 0.1) is 0 Å². The first-order valence-electron chi connectivity index (χ1n) is 21.1. The molecule has 2 heterocycles. The van der Waals surface area contributed by atoms with Gasteiger partial charge in [0.1, 0.15) is 0 Å². The third-order valence-corrected chi connectivity index (χ3v) is 12.8. The molecule has 3 nitrogen and oxygen atoms in total. The number of aromatic nitrogens is 3. The highest BCUT2D eigenvalue weighted by atomic mass is 14.9. The maximum atomic E-state index is 5.37. The molecule has 0 unspecified atom stereocenters. The molecule has 0 fully saturated rings. The van der Waals surface area contributed by atoms with Crippen molar-refractivity contribution in [1.29, 1.82) is 0 Å². The van der Waals surface area contributed by atoms with Crippen molar-refractivity contribution in [3.8, 4) is 67.3 Å². The fraction of sp³-hybridized carbons (Fsp3) is 0. The normalized spacial score (nSPS) is 11.9. The van der Waals surface area contributed by atoms with Crippen molar-refractivity contribution in [3.63, 3.8) is 0 Å². The molecule has 3 heteroatoms. The summed E-state index contributed by atoms with van der Waals surface area (Å²) in [5.74, 6) is 0.687. The fourth-order valence-corrected chi connectivity index (χ4v) is 9.89. The summed E-state index contributed by atoms with van der Waals surface area (Å²) in [5, 5.41) is 15.3. The molecule has 0 bridgehead atoms. The number of pyridine rings is 1. The first kappa shape index (κ1) is 34.6. The molecule has 13 rings (SSSR count). The third-order valence-electron chi connectivity index (χ3n) is 12.8. The highest BCUT2D eigenvalue weighted by molar-refractivity contribution is 6.27. The Morgan fingerprint density at radius 2 is 0.742 bits per heavy atom. The highest BCUT2D eigenvalue weighted by Crippen LogP contribution is 2.44. The molecule has 11 aromatic carbocycles. The maximum absolute atomic E-state index is 5.37. The van der Waals surface area contributed by atoms with Gasteiger partial charge in [-0.25, -0.2) is 9.97 Å². The van der Waals surface area contributed by atoms with E-state index in [1.165, 1.54) is 75.8 Å². The van der Waals surface area contributed by atoms with E-state index in [9.17, 15) is 0 Å². The Morgan fingerprint density at radius 3 is 1.29 bits per heavy atom. The van der Waals surface area contributed by atoms with E-state index in [0.717, 1.165) is 50.3 Å². The minimum Gasteiger partial charge on any atom is -0.264 e. The minimum atomic E-state index is 0.687. The summed E-state index contributed by atoms with van der Waals surface area (Å²) in [5.41, 5.74) is 11.6. The molecule has 62 heavy (non-hydrogen) atoms. The lowest BCUT2D eigenvalue weighted by Crippen LogP contribution is -1.97.